The first kappa shape index (κ1) is 17.4. The van der Waals surface area contributed by atoms with Crippen LogP contribution in [0, 0.1) is 0 Å². The van der Waals surface area contributed by atoms with Crippen LogP contribution in [0.4, 0.5) is 5.69 Å². The number of aromatic nitrogens is 2. The van der Waals surface area contributed by atoms with Crippen molar-refractivity contribution in [3.63, 3.8) is 0 Å². The highest BCUT2D eigenvalue weighted by Crippen LogP contribution is 2.10. The van der Waals surface area contributed by atoms with Gasteiger partial charge in [0.05, 0.1) is 11.1 Å². The lowest BCUT2D eigenvalue weighted by atomic mass is 10.2. The average molecular weight is 328 g/mol. The molecule has 2 heterocycles. The Kier molecular flexibility index (Phi) is 5.47. The molecule has 0 saturated heterocycles. The number of pyridine rings is 2. The maximum absolute atomic E-state index is 12.5. The van der Waals surface area contributed by atoms with E-state index in [1.165, 1.54) is 23.0 Å². The largest absolute Gasteiger partial charge is 0.339 e. The van der Waals surface area contributed by atoms with Crippen LogP contribution in [0.15, 0.2) is 41.6 Å². The minimum Gasteiger partial charge on any atom is -0.339 e. The summed E-state index contributed by atoms with van der Waals surface area (Å²) >= 11 is 0. The lowest BCUT2D eigenvalue weighted by Crippen LogP contribution is -2.32. The van der Waals surface area contributed by atoms with Gasteiger partial charge in [-0.2, -0.15) is 0 Å². The molecule has 2 rings (SSSR count). The molecule has 0 aliphatic heterocycles. The Balaban J connectivity index is 2.35. The molecule has 7 nitrogen and oxygen atoms in total. The van der Waals surface area contributed by atoms with Gasteiger partial charge >= 0.3 is 0 Å². The second kappa shape index (κ2) is 7.54. The van der Waals surface area contributed by atoms with Crippen molar-refractivity contribution in [2.24, 2.45) is 7.05 Å². The summed E-state index contributed by atoms with van der Waals surface area (Å²) in [6.45, 7) is 4.90. The highest BCUT2D eigenvalue weighted by Gasteiger charge is 2.17. The fourth-order valence-corrected chi connectivity index (χ4v) is 2.30. The van der Waals surface area contributed by atoms with Crippen molar-refractivity contribution in [3.8, 4) is 0 Å². The first-order chi connectivity index (χ1) is 11.5. The van der Waals surface area contributed by atoms with Gasteiger partial charge in [-0.25, -0.2) is 0 Å². The number of carbonyl (C=O) groups is 2. The third-order valence-corrected chi connectivity index (χ3v) is 3.65. The third kappa shape index (κ3) is 3.68. The minimum absolute atomic E-state index is 0.0596. The van der Waals surface area contributed by atoms with Crippen molar-refractivity contribution < 1.29 is 9.59 Å². The Labute approximate surface area is 139 Å². The molecule has 0 atom stereocenters. The quantitative estimate of drug-likeness (QED) is 0.902. The molecule has 0 unspecified atom stereocenters. The molecule has 24 heavy (non-hydrogen) atoms. The number of nitrogens with one attached hydrogen (secondary N) is 1. The van der Waals surface area contributed by atoms with E-state index >= 15 is 0 Å². The number of rotatable bonds is 5. The third-order valence-electron chi connectivity index (χ3n) is 3.65. The predicted octanol–water partition coefficient (Wildman–Crippen LogP) is 1.51. The highest BCUT2D eigenvalue weighted by atomic mass is 16.2. The van der Waals surface area contributed by atoms with Gasteiger partial charge in [-0.3, -0.25) is 19.4 Å². The van der Waals surface area contributed by atoms with Crippen LogP contribution in [-0.2, 0) is 7.05 Å². The molecule has 0 saturated carbocycles. The van der Waals surface area contributed by atoms with Gasteiger partial charge in [-0.05, 0) is 32.0 Å². The van der Waals surface area contributed by atoms with Crippen molar-refractivity contribution >= 4 is 17.5 Å². The zero-order chi connectivity index (χ0) is 17.7. The van der Waals surface area contributed by atoms with Crippen molar-refractivity contribution in [1.82, 2.24) is 14.5 Å². The van der Waals surface area contributed by atoms with Crippen LogP contribution in [0.3, 0.4) is 0 Å². The summed E-state index contributed by atoms with van der Waals surface area (Å²) < 4.78 is 1.29. The van der Waals surface area contributed by atoms with Crippen molar-refractivity contribution in [1.29, 1.82) is 0 Å². The van der Waals surface area contributed by atoms with E-state index in [9.17, 15) is 14.4 Å². The maximum Gasteiger partial charge on any atom is 0.274 e. The van der Waals surface area contributed by atoms with E-state index in [1.54, 1.807) is 30.3 Å². The van der Waals surface area contributed by atoms with Crippen LogP contribution in [0.5, 0.6) is 0 Å². The molecule has 0 bridgehead atoms. The molecule has 0 aliphatic carbocycles. The Morgan fingerprint density at radius 1 is 1.25 bits per heavy atom. The Hall–Kier alpha value is -2.96. The molecule has 2 aromatic heterocycles. The van der Waals surface area contributed by atoms with Gasteiger partial charge < -0.3 is 14.8 Å². The zero-order valence-corrected chi connectivity index (χ0v) is 13.9. The second-order valence-corrected chi connectivity index (χ2v) is 5.23. The molecule has 126 valence electrons. The molecule has 0 spiro atoms. The van der Waals surface area contributed by atoms with Crippen LogP contribution in [0.25, 0.3) is 0 Å². The number of nitrogens with zero attached hydrogens (tertiary/aromatic N) is 3. The van der Waals surface area contributed by atoms with E-state index in [-0.39, 0.29) is 17.2 Å². The van der Waals surface area contributed by atoms with Gasteiger partial charge in [0.2, 0.25) is 0 Å². The van der Waals surface area contributed by atoms with Crippen LogP contribution in [0.2, 0.25) is 0 Å². The van der Waals surface area contributed by atoms with Crippen LogP contribution >= 0.6 is 0 Å². The van der Waals surface area contributed by atoms with Crippen LogP contribution in [0.1, 0.15) is 34.6 Å². The van der Waals surface area contributed by atoms with Crippen LogP contribution in [-0.4, -0.2) is 39.4 Å². The van der Waals surface area contributed by atoms with E-state index in [1.807, 2.05) is 13.8 Å². The number of aryl methyl sites for hydroxylation is 1. The van der Waals surface area contributed by atoms with Gasteiger partial charge in [0.25, 0.3) is 17.4 Å². The van der Waals surface area contributed by atoms with Crippen molar-refractivity contribution in [2.75, 3.05) is 18.4 Å². The van der Waals surface area contributed by atoms with Gasteiger partial charge in [0.15, 0.2) is 0 Å². The van der Waals surface area contributed by atoms with E-state index in [4.69, 9.17) is 0 Å². The standard InChI is InChI=1S/C17H20N4O3/c1-4-21(5-2)16(23)13-9-14(17(24)20(3)11-13)19-15(22)12-7-6-8-18-10-12/h6-11H,4-5H2,1-3H3,(H,19,22). The number of hydrogen-bond acceptors (Lipinski definition) is 4. The molecule has 2 aromatic rings. The topological polar surface area (TPSA) is 84.3 Å². The minimum atomic E-state index is -0.451. The smallest absolute Gasteiger partial charge is 0.274 e. The van der Waals surface area contributed by atoms with Gasteiger partial charge in [-0.1, -0.05) is 0 Å². The fourth-order valence-electron chi connectivity index (χ4n) is 2.30. The fraction of sp³-hybridized carbons (Fsp3) is 0.294. The summed E-state index contributed by atoms with van der Waals surface area (Å²) in [5.74, 6) is -0.639. The van der Waals surface area contributed by atoms with E-state index in [2.05, 4.69) is 10.3 Å². The molecule has 0 aromatic carbocycles. The van der Waals surface area contributed by atoms with E-state index in [0.29, 0.717) is 24.2 Å². The van der Waals surface area contributed by atoms with Gasteiger partial charge in [-0.15, -0.1) is 0 Å². The normalized spacial score (nSPS) is 10.3. The summed E-state index contributed by atoms with van der Waals surface area (Å²) in [5.41, 5.74) is 0.356. The summed E-state index contributed by atoms with van der Waals surface area (Å²) in [6, 6.07) is 4.64. The molecule has 1 N–H and O–H groups in total. The summed E-state index contributed by atoms with van der Waals surface area (Å²) in [4.78, 5) is 42.4. The second-order valence-electron chi connectivity index (χ2n) is 5.23. The number of anilines is 1. The van der Waals surface area contributed by atoms with E-state index < -0.39 is 5.91 Å². The first-order valence-electron chi connectivity index (χ1n) is 7.69. The van der Waals surface area contributed by atoms with Crippen LogP contribution < -0.4 is 10.9 Å². The number of carbonyl (C=O) groups excluding carboxylic acids is 2. The monoisotopic (exact) mass is 328 g/mol. The Bertz CT molecular complexity index is 795. The Morgan fingerprint density at radius 3 is 2.54 bits per heavy atom. The Morgan fingerprint density at radius 2 is 1.96 bits per heavy atom. The predicted molar refractivity (Wildman–Crippen MR) is 91.1 cm³/mol. The lowest BCUT2D eigenvalue weighted by molar-refractivity contribution is 0.0771. The number of amides is 2. The summed E-state index contributed by atoms with van der Waals surface area (Å²) in [6.07, 6.45) is 4.44. The number of hydrogen-bond donors (Lipinski definition) is 1. The highest BCUT2D eigenvalue weighted by molar-refractivity contribution is 6.04. The molecule has 0 radical (unpaired) electrons. The molecule has 7 heteroatoms. The van der Waals surface area contributed by atoms with Gasteiger partial charge in [0, 0.05) is 38.7 Å². The summed E-state index contributed by atoms with van der Waals surface area (Å²) in [5, 5.41) is 2.55. The SMILES string of the molecule is CCN(CC)C(=O)c1cc(NC(=O)c2cccnc2)c(=O)n(C)c1. The molecular weight excluding hydrogens is 308 g/mol. The van der Waals surface area contributed by atoms with Gasteiger partial charge in [0.1, 0.15) is 5.69 Å². The average Bonchev–Trinajstić information content (AvgIpc) is 2.60. The molecule has 2 amide bonds. The molecule has 0 aliphatic rings. The summed E-state index contributed by atoms with van der Waals surface area (Å²) in [7, 11) is 1.54. The zero-order valence-electron chi connectivity index (χ0n) is 13.9. The van der Waals surface area contributed by atoms with Crippen molar-refractivity contribution in [3.05, 3.63) is 58.3 Å². The van der Waals surface area contributed by atoms with E-state index in [0.717, 1.165) is 0 Å². The molecule has 0 fully saturated rings. The van der Waals surface area contributed by atoms with Crippen molar-refractivity contribution in [2.45, 2.75) is 13.8 Å². The molecular formula is C17H20N4O3. The lowest BCUT2D eigenvalue weighted by Gasteiger charge is -2.19. The maximum atomic E-state index is 12.5. The first-order valence-corrected chi connectivity index (χ1v) is 7.69.